The molecule has 0 fully saturated rings. The lowest BCUT2D eigenvalue weighted by atomic mass is 10.0. The Hall–Kier alpha value is -1.80. The van der Waals surface area contributed by atoms with Crippen molar-refractivity contribution in [1.29, 1.82) is 0 Å². The molecule has 17 heavy (non-hydrogen) atoms. The van der Waals surface area contributed by atoms with Crippen LogP contribution < -0.4 is 4.74 Å². The number of thiophene rings is 1. The van der Waals surface area contributed by atoms with Crippen molar-refractivity contribution in [2.75, 3.05) is 7.11 Å². The summed E-state index contributed by atoms with van der Waals surface area (Å²) in [6.45, 7) is 0. The van der Waals surface area contributed by atoms with E-state index in [-0.39, 0.29) is 0 Å². The molecule has 84 valence electrons. The quantitative estimate of drug-likeness (QED) is 0.637. The predicted octanol–water partition coefficient (Wildman–Crippen LogP) is 4.58. The van der Waals surface area contributed by atoms with E-state index in [1.165, 1.54) is 21.2 Å². The van der Waals surface area contributed by atoms with E-state index < -0.39 is 0 Å². The minimum absolute atomic E-state index is 0.895. The average Bonchev–Trinajstić information content (AvgIpc) is 2.87. The number of fused-ring (bicyclic) bond motifs is 1. The lowest BCUT2D eigenvalue weighted by Crippen LogP contribution is -1.83. The van der Waals surface area contributed by atoms with Crippen molar-refractivity contribution in [1.82, 2.24) is 0 Å². The molecule has 0 radical (unpaired) electrons. The summed E-state index contributed by atoms with van der Waals surface area (Å²) in [6.07, 6.45) is 0. The Bertz CT molecular complexity index is 637. The van der Waals surface area contributed by atoms with Crippen LogP contribution in [0.15, 0.2) is 53.9 Å². The van der Waals surface area contributed by atoms with Crippen LogP contribution >= 0.6 is 11.3 Å². The molecule has 0 saturated carbocycles. The van der Waals surface area contributed by atoms with Crippen LogP contribution in [-0.4, -0.2) is 7.11 Å². The van der Waals surface area contributed by atoms with Crippen molar-refractivity contribution in [3.8, 4) is 16.9 Å². The molecule has 0 bridgehead atoms. The number of methoxy groups -OCH3 is 1. The van der Waals surface area contributed by atoms with Gasteiger partial charge in [-0.15, -0.1) is 11.3 Å². The average molecular weight is 240 g/mol. The summed E-state index contributed by atoms with van der Waals surface area (Å²) in [6, 6.07) is 16.8. The monoisotopic (exact) mass is 240 g/mol. The summed E-state index contributed by atoms with van der Waals surface area (Å²) >= 11 is 1.78. The molecule has 0 unspecified atom stereocenters. The second-order valence-corrected chi connectivity index (χ2v) is 4.81. The largest absolute Gasteiger partial charge is 0.497 e. The molecule has 0 spiro atoms. The molecule has 0 amide bonds. The van der Waals surface area contributed by atoms with Crippen molar-refractivity contribution < 1.29 is 4.74 Å². The summed E-state index contributed by atoms with van der Waals surface area (Å²) in [4.78, 5) is 0. The van der Waals surface area contributed by atoms with E-state index in [9.17, 15) is 0 Å². The van der Waals surface area contributed by atoms with E-state index in [0.717, 1.165) is 5.75 Å². The Morgan fingerprint density at radius 2 is 1.76 bits per heavy atom. The highest BCUT2D eigenvalue weighted by molar-refractivity contribution is 7.17. The Kier molecular flexibility index (Phi) is 2.57. The number of ether oxygens (including phenoxy) is 1. The van der Waals surface area contributed by atoms with Crippen LogP contribution in [-0.2, 0) is 0 Å². The van der Waals surface area contributed by atoms with Crippen molar-refractivity contribution in [3.05, 3.63) is 53.9 Å². The van der Waals surface area contributed by atoms with Crippen LogP contribution in [0.25, 0.3) is 21.2 Å². The van der Waals surface area contributed by atoms with Gasteiger partial charge in [-0.1, -0.05) is 24.3 Å². The summed E-state index contributed by atoms with van der Waals surface area (Å²) in [5.41, 5.74) is 2.52. The molecule has 2 heteroatoms. The van der Waals surface area contributed by atoms with E-state index in [1.807, 2.05) is 12.1 Å². The van der Waals surface area contributed by atoms with E-state index >= 15 is 0 Å². The minimum atomic E-state index is 0.895. The standard InChI is InChI=1S/C15H12OS/c1-16-12-7-5-11(6-8-12)13-3-2-4-15-14(13)9-10-17-15/h2-10H,1H3. The molecule has 0 atom stereocenters. The first-order valence-corrected chi connectivity index (χ1v) is 6.37. The zero-order valence-electron chi connectivity index (χ0n) is 9.51. The third-order valence-electron chi connectivity index (χ3n) is 2.90. The van der Waals surface area contributed by atoms with Gasteiger partial charge in [-0.3, -0.25) is 0 Å². The molecule has 1 heterocycles. The fourth-order valence-electron chi connectivity index (χ4n) is 2.02. The summed E-state index contributed by atoms with van der Waals surface area (Å²) in [7, 11) is 1.69. The van der Waals surface area contributed by atoms with Gasteiger partial charge in [-0.05, 0) is 40.8 Å². The molecule has 0 aliphatic rings. The predicted molar refractivity (Wildman–Crippen MR) is 73.8 cm³/mol. The highest BCUT2D eigenvalue weighted by atomic mass is 32.1. The van der Waals surface area contributed by atoms with Gasteiger partial charge >= 0.3 is 0 Å². The molecular formula is C15H12OS. The van der Waals surface area contributed by atoms with Gasteiger partial charge < -0.3 is 4.74 Å². The van der Waals surface area contributed by atoms with Gasteiger partial charge in [0.25, 0.3) is 0 Å². The van der Waals surface area contributed by atoms with Crippen LogP contribution in [0.3, 0.4) is 0 Å². The number of rotatable bonds is 2. The van der Waals surface area contributed by atoms with Crippen LogP contribution in [0.4, 0.5) is 0 Å². The molecule has 0 aliphatic carbocycles. The third-order valence-corrected chi connectivity index (χ3v) is 3.78. The molecule has 1 nitrogen and oxygen atoms in total. The van der Waals surface area contributed by atoms with Gasteiger partial charge in [0, 0.05) is 10.1 Å². The number of hydrogen-bond acceptors (Lipinski definition) is 2. The van der Waals surface area contributed by atoms with E-state index in [4.69, 9.17) is 4.74 Å². The van der Waals surface area contributed by atoms with E-state index in [0.29, 0.717) is 0 Å². The van der Waals surface area contributed by atoms with Crippen molar-refractivity contribution in [2.24, 2.45) is 0 Å². The van der Waals surface area contributed by atoms with Gasteiger partial charge in [-0.25, -0.2) is 0 Å². The zero-order valence-corrected chi connectivity index (χ0v) is 10.3. The molecule has 0 aliphatic heterocycles. The van der Waals surface area contributed by atoms with Gasteiger partial charge in [0.15, 0.2) is 0 Å². The summed E-state index contributed by atoms with van der Waals surface area (Å²) in [5, 5.41) is 3.46. The first-order chi connectivity index (χ1) is 8.38. The van der Waals surface area contributed by atoms with Crippen molar-refractivity contribution in [3.63, 3.8) is 0 Å². The van der Waals surface area contributed by atoms with Crippen LogP contribution in [0.5, 0.6) is 5.75 Å². The lowest BCUT2D eigenvalue weighted by Gasteiger charge is -2.05. The zero-order chi connectivity index (χ0) is 11.7. The Morgan fingerprint density at radius 3 is 2.53 bits per heavy atom. The smallest absolute Gasteiger partial charge is 0.118 e. The topological polar surface area (TPSA) is 9.23 Å². The van der Waals surface area contributed by atoms with Gasteiger partial charge in [0.2, 0.25) is 0 Å². The highest BCUT2D eigenvalue weighted by Gasteiger charge is 2.04. The maximum absolute atomic E-state index is 5.18. The van der Waals surface area contributed by atoms with E-state index in [2.05, 4.69) is 41.8 Å². The highest BCUT2D eigenvalue weighted by Crippen LogP contribution is 2.32. The van der Waals surface area contributed by atoms with Crippen LogP contribution in [0, 0.1) is 0 Å². The van der Waals surface area contributed by atoms with Gasteiger partial charge in [0.1, 0.15) is 5.75 Å². The molecule has 2 aromatic carbocycles. The Balaban J connectivity index is 2.16. The Morgan fingerprint density at radius 1 is 0.941 bits per heavy atom. The Labute approximate surface area is 104 Å². The first-order valence-electron chi connectivity index (χ1n) is 5.49. The molecule has 3 aromatic rings. The molecule has 0 saturated heterocycles. The van der Waals surface area contributed by atoms with Crippen molar-refractivity contribution >= 4 is 21.4 Å². The van der Waals surface area contributed by atoms with Gasteiger partial charge in [0.05, 0.1) is 7.11 Å². The SMILES string of the molecule is COc1ccc(-c2cccc3sccc23)cc1. The van der Waals surface area contributed by atoms with E-state index in [1.54, 1.807) is 18.4 Å². The summed E-state index contributed by atoms with van der Waals surface area (Å²) < 4.78 is 6.51. The molecular weight excluding hydrogens is 228 g/mol. The second-order valence-electron chi connectivity index (χ2n) is 3.87. The maximum atomic E-state index is 5.18. The minimum Gasteiger partial charge on any atom is -0.497 e. The molecule has 3 rings (SSSR count). The number of hydrogen-bond donors (Lipinski definition) is 0. The van der Waals surface area contributed by atoms with Crippen molar-refractivity contribution in [2.45, 2.75) is 0 Å². The molecule has 0 N–H and O–H groups in total. The van der Waals surface area contributed by atoms with Crippen LogP contribution in [0.2, 0.25) is 0 Å². The first kappa shape index (κ1) is 10.4. The third kappa shape index (κ3) is 1.81. The normalized spacial score (nSPS) is 10.6. The fraction of sp³-hybridized carbons (Fsp3) is 0.0667. The molecule has 1 aromatic heterocycles. The summed E-state index contributed by atoms with van der Waals surface area (Å²) in [5.74, 6) is 0.895. The number of benzene rings is 2. The lowest BCUT2D eigenvalue weighted by molar-refractivity contribution is 0.415. The second kappa shape index (κ2) is 4.22. The fourth-order valence-corrected chi connectivity index (χ4v) is 2.83. The van der Waals surface area contributed by atoms with Crippen LogP contribution in [0.1, 0.15) is 0 Å². The van der Waals surface area contributed by atoms with Gasteiger partial charge in [-0.2, -0.15) is 0 Å². The maximum Gasteiger partial charge on any atom is 0.118 e.